The monoisotopic (exact) mass is 892 g/mol. The molecule has 17 heteroatoms. The van der Waals surface area contributed by atoms with Crippen LogP contribution >= 0.6 is 0 Å². The van der Waals surface area contributed by atoms with E-state index in [1.165, 1.54) is 71.4 Å². The molecule has 9 atom stereocenters. The second-order valence-electron chi connectivity index (χ2n) is 17.8. The molecule has 2 aromatic rings. The van der Waals surface area contributed by atoms with Crippen molar-refractivity contribution in [3.8, 4) is 23.0 Å². The summed E-state index contributed by atoms with van der Waals surface area (Å²) in [6.45, 7) is 12.8. The van der Waals surface area contributed by atoms with Crippen LogP contribution in [0.4, 0.5) is 5.69 Å². The Labute approximate surface area is 373 Å². The summed E-state index contributed by atoms with van der Waals surface area (Å²) in [5, 5.41) is 77.7. The first-order valence-corrected chi connectivity index (χ1v) is 22.1. The molecule has 4 aliphatic heterocycles. The van der Waals surface area contributed by atoms with Gasteiger partial charge in [-0.2, -0.15) is 5.10 Å². The Morgan fingerprint density at radius 3 is 2.25 bits per heavy atom. The first-order valence-electron chi connectivity index (χ1n) is 22.1. The summed E-state index contributed by atoms with van der Waals surface area (Å²) in [7, 11) is 1.43. The number of nitrogens with one attached hydrogen (secondary N) is 1. The lowest BCUT2D eigenvalue weighted by molar-refractivity contribution is -0.160. The number of esters is 1. The Bertz CT molecular complexity index is 2210. The van der Waals surface area contributed by atoms with Gasteiger partial charge in [-0.05, 0) is 25.8 Å². The smallest absolute Gasteiger partial charge is 0.312 e. The van der Waals surface area contributed by atoms with Crippen LogP contribution in [0.1, 0.15) is 88.7 Å². The van der Waals surface area contributed by atoms with Gasteiger partial charge in [-0.3, -0.25) is 24.3 Å². The third-order valence-electron chi connectivity index (χ3n) is 13.6. The van der Waals surface area contributed by atoms with E-state index in [4.69, 9.17) is 18.9 Å². The van der Waals surface area contributed by atoms with E-state index in [1.807, 2.05) is 5.01 Å². The van der Waals surface area contributed by atoms with Crippen molar-refractivity contribution < 1.29 is 64.0 Å². The highest BCUT2D eigenvalue weighted by Crippen LogP contribution is 2.55. The van der Waals surface area contributed by atoms with Crippen molar-refractivity contribution in [3.05, 3.63) is 52.8 Å². The Morgan fingerprint density at radius 2 is 1.62 bits per heavy atom. The molecule has 5 bridgehead atoms. The topological polar surface area (TPSA) is 240 Å². The maximum atomic E-state index is 14.5. The van der Waals surface area contributed by atoms with Gasteiger partial charge in [-0.25, -0.2) is 0 Å². The van der Waals surface area contributed by atoms with Gasteiger partial charge in [0.05, 0.1) is 59.6 Å². The van der Waals surface area contributed by atoms with E-state index in [1.54, 1.807) is 33.8 Å². The minimum Gasteiger partial charge on any atom is -0.507 e. The highest BCUT2D eigenvalue weighted by molar-refractivity contribution is 6.24. The number of ether oxygens (including phenoxy) is 4. The molecule has 1 saturated carbocycles. The summed E-state index contributed by atoms with van der Waals surface area (Å²) in [5.41, 5.74) is -0.898. The maximum Gasteiger partial charge on any atom is 0.312 e. The summed E-state index contributed by atoms with van der Waals surface area (Å²) in [6.07, 6.45) is 9.04. The van der Waals surface area contributed by atoms with Gasteiger partial charge >= 0.3 is 11.8 Å². The third-order valence-corrected chi connectivity index (χ3v) is 13.6. The number of aromatic hydroxyl groups is 3. The largest absolute Gasteiger partial charge is 0.507 e. The zero-order chi connectivity index (χ0) is 46.8. The number of hydrazone groups is 1. The van der Waals surface area contributed by atoms with Crippen LogP contribution in [0.15, 0.2) is 41.2 Å². The van der Waals surface area contributed by atoms with E-state index < -0.39 is 95.4 Å². The number of aliphatic hydroxyl groups is 3. The van der Waals surface area contributed by atoms with Crippen molar-refractivity contribution in [1.29, 1.82) is 0 Å². The highest BCUT2D eigenvalue weighted by Gasteiger charge is 2.50. The fraction of sp³-hybridized carbons (Fsp3) is 0.574. The number of rotatable bonds is 6. The van der Waals surface area contributed by atoms with Crippen molar-refractivity contribution in [1.82, 2.24) is 9.91 Å². The van der Waals surface area contributed by atoms with Crippen LogP contribution in [0.5, 0.6) is 23.0 Å². The van der Waals surface area contributed by atoms with Crippen LogP contribution in [-0.2, 0) is 23.8 Å². The molecule has 2 fully saturated rings. The Hall–Kier alpha value is -5.20. The average Bonchev–Trinajstić information content (AvgIpc) is 3.91. The normalized spacial score (nSPS) is 32.0. The van der Waals surface area contributed by atoms with Gasteiger partial charge in [0.2, 0.25) is 0 Å². The summed E-state index contributed by atoms with van der Waals surface area (Å²) in [4.78, 5) is 43.3. The molecule has 64 heavy (non-hydrogen) atoms. The van der Waals surface area contributed by atoms with E-state index in [0.29, 0.717) is 19.1 Å². The van der Waals surface area contributed by atoms with Crippen LogP contribution in [-0.4, -0.2) is 141 Å². The quantitative estimate of drug-likeness (QED) is 0.0907. The van der Waals surface area contributed by atoms with Gasteiger partial charge in [0.25, 0.3) is 11.7 Å². The first kappa shape index (κ1) is 48.3. The number of hydrogen-bond acceptors (Lipinski definition) is 16. The molecule has 7 rings (SSSR count). The number of amides is 1. The zero-order valence-electron chi connectivity index (χ0n) is 37.9. The molecule has 1 aliphatic carbocycles. The number of carbonyl (C=O) groups is 3. The predicted octanol–water partition coefficient (Wildman–Crippen LogP) is 4.62. The fourth-order valence-electron chi connectivity index (χ4n) is 9.55. The van der Waals surface area contributed by atoms with E-state index in [9.17, 15) is 45.0 Å². The van der Waals surface area contributed by atoms with Crippen molar-refractivity contribution >= 4 is 40.3 Å². The third kappa shape index (κ3) is 9.45. The van der Waals surface area contributed by atoms with Gasteiger partial charge in [-0.15, -0.1) is 0 Å². The second-order valence-corrected chi connectivity index (χ2v) is 17.8. The number of aliphatic hydroxyl groups excluding tert-OH is 3. The molecule has 350 valence electrons. The van der Waals surface area contributed by atoms with Crippen molar-refractivity contribution in [3.63, 3.8) is 0 Å². The predicted molar refractivity (Wildman–Crippen MR) is 238 cm³/mol. The highest BCUT2D eigenvalue weighted by atomic mass is 16.7. The molecule has 1 saturated heterocycles. The molecule has 2 aromatic carbocycles. The van der Waals surface area contributed by atoms with Crippen LogP contribution in [0.2, 0.25) is 0 Å². The summed E-state index contributed by atoms with van der Waals surface area (Å²) in [5.74, 6) is -8.97. The van der Waals surface area contributed by atoms with E-state index in [2.05, 4.69) is 15.3 Å². The number of benzene rings is 2. The summed E-state index contributed by atoms with van der Waals surface area (Å²) in [6, 6.07) is 0.533. The van der Waals surface area contributed by atoms with Crippen molar-refractivity contribution in [2.45, 2.75) is 110 Å². The molecule has 0 spiro atoms. The van der Waals surface area contributed by atoms with Crippen LogP contribution in [0.3, 0.4) is 0 Å². The Morgan fingerprint density at radius 1 is 0.953 bits per heavy atom. The average molecular weight is 893 g/mol. The maximum absolute atomic E-state index is 14.5. The second kappa shape index (κ2) is 19.9. The number of methoxy groups -OCH3 is 1. The number of phenols is 3. The number of anilines is 1. The van der Waals surface area contributed by atoms with Crippen LogP contribution in [0.25, 0.3) is 10.8 Å². The molecule has 5 aliphatic rings. The molecule has 17 nitrogen and oxygen atoms in total. The van der Waals surface area contributed by atoms with Crippen molar-refractivity contribution in [2.75, 3.05) is 45.2 Å². The van der Waals surface area contributed by atoms with Gasteiger partial charge < -0.3 is 54.9 Å². The lowest BCUT2D eigenvalue weighted by atomic mass is 9.78. The van der Waals surface area contributed by atoms with Gasteiger partial charge in [0, 0.05) is 93.4 Å². The zero-order valence-corrected chi connectivity index (χ0v) is 37.9. The van der Waals surface area contributed by atoms with Crippen LogP contribution < -0.4 is 10.1 Å². The summed E-state index contributed by atoms with van der Waals surface area (Å²) >= 11 is 0. The molecule has 1 unspecified atom stereocenters. The number of carbonyl (C=O) groups excluding carboxylic acids is 3. The molecular formula is C47H64N4O13. The summed E-state index contributed by atoms with van der Waals surface area (Å²) < 4.78 is 23.7. The number of Topliss-reactive ketones (excluding diaryl/α,β-unsaturated/α-hetero) is 1. The van der Waals surface area contributed by atoms with Gasteiger partial charge in [-0.1, -0.05) is 58.8 Å². The first-order chi connectivity index (χ1) is 30.3. The minimum absolute atomic E-state index is 0.0259. The van der Waals surface area contributed by atoms with E-state index >= 15 is 0 Å². The number of phenolic OH excluding ortho intramolecular Hbond substituents is 3. The van der Waals surface area contributed by atoms with Gasteiger partial charge in [0.1, 0.15) is 23.4 Å². The van der Waals surface area contributed by atoms with E-state index in [0.717, 1.165) is 25.9 Å². The standard InChI is InChI=1S/C47H64N4O13/c1-24-12-11-13-30(23-52)46(60)49-37-32(22-48-51-19-17-50(18-20-51)31-14-9-10-15-31)41(57)34-35(42(37)58)40(56)28(5)44-36(34)45(59)47(7,64-44)62-21-16-33(61-8)25(2)43(63-29(6)53)27(4)39(55)26(3)38(24)54/h11-13,16,21-22,24-27,31,33,38-39,43,52,54-58H,9-10,14-15,17-20,23H2,1-8H3,(H,49,60)/b12-11+,21-16+,30-13-,48-22?/t24-,25+,26+,27+,33-,38-,39+,43+,47?/m0/s1. The van der Waals surface area contributed by atoms with Crippen molar-refractivity contribution in [2.24, 2.45) is 28.8 Å². The molecule has 1 amide bonds. The molecule has 4 heterocycles. The minimum atomic E-state index is -2.07. The number of hydrogen-bond donors (Lipinski definition) is 7. The SMILES string of the molecule is CO[C@H]1/C=C/OC2(C)Oc3c(C)c(O)c4c(O)c(c(C=NN5CCN(C6CCCC6)CC5)c(O)c4c3C2=O)NC(=O)/C(CO)=C\C=C\[C@H](C)[C@H](O)[C@@H](C)[C@@H](O)[C@@H](C)[C@H](OC(C)=O)[C@@H]1C. The number of nitrogens with zero attached hydrogens (tertiary/aromatic N) is 3. The lowest BCUT2D eigenvalue weighted by Gasteiger charge is -2.38. The number of fused-ring (bicyclic) bond motifs is 14. The number of ketones is 1. The molecular weight excluding hydrogens is 829 g/mol. The van der Waals surface area contributed by atoms with Gasteiger partial charge in [0.15, 0.2) is 5.75 Å². The molecule has 0 radical (unpaired) electrons. The van der Waals surface area contributed by atoms with E-state index in [-0.39, 0.29) is 44.5 Å². The number of piperazine rings is 1. The Kier molecular flexibility index (Phi) is 15.0. The lowest BCUT2D eigenvalue weighted by Crippen LogP contribution is -2.47. The Balaban J connectivity index is 1.49. The number of allylic oxidation sites excluding steroid dienone is 2. The van der Waals surface area contributed by atoms with Crippen LogP contribution in [0, 0.1) is 30.6 Å². The molecule has 7 N–H and O–H groups in total. The molecule has 0 aromatic heterocycles. The fourth-order valence-corrected chi connectivity index (χ4v) is 9.55.